The van der Waals surface area contributed by atoms with Crippen LogP contribution >= 0.6 is 23.2 Å². The number of hydrogen-bond donors (Lipinski definition) is 4. The number of unbranched alkanes of at least 4 members (excludes halogenated alkanes) is 1. The van der Waals surface area contributed by atoms with E-state index < -0.39 is 17.6 Å². The van der Waals surface area contributed by atoms with Crippen molar-refractivity contribution < 1.29 is 29.6 Å². The number of rotatable bonds is 11. The zero-order valence-corrected chi connectivity index (χ0v) is 24.6. The predicted molar refractivity (Wildman–Crippen MR) is 163 cm³/mol. The molecule has 8 nitrogen and oxygen atoms in total. The lowest BCUT2D eigenvalue weighted by Gasteiger charge is -2.35. The molecule has 0 saturated carbocycles. The summed E-state index contributed by atoms with van der Waals surface area (Å²) in [7, 11) is 0. The van der Waals surface area contributed by atoms with Crippen molar-refractivity contribution in [3.8, 4) is 11.5 Å². The molecule has 5 rings (SSSR count). The summed E-state index contributed by atoms with van der Waals surface area (Å²) >= 11 is 12.3. The monoisotopic (exact) mass is 612 g/mol. The second-order valence-electron chi connectivity index (χ2n) is 10.7. The molecule has 1 aliphatic rings. The number of ether oxygens (including phenoxy) is 2. The van der Waals surface area contributed by atoms with E-state index in [9.17, 15) is 20.1 Å². The molecule has 4 N–H and O–H groups in total. The van der Waals surface area contributed by atoms with Crippen LogP contribution in [0.15, 0.2) is 66.7 Å². The van der Waals surface area contributed by atoms with Crippen LogP contribution in [0.25, 0.3) is 10.9 Å². The van der Waals surface area contributed by atoms with E-state index in [1.165, 1.54) is 0 Å². The largest absolute Gasteiger partial charge is 0.494 e. The van der Waals surface area contributed by atoms with Crippen molar-refractivity contribution in [1.29, 1.82) is 0 Å². The molecule has 0 bridgehead atoms. The number of halogens is 2. The SMILES string of the molecule is O=C(Oc1ccc(Cl)cc1)N1CCc2c([nH]c3ccc(Cl)cc23)[C@@H]1c1ccc(OCCCCC(CO)(CO)CO)cc1. The van der Waals surface area contributed by atoms with Gasteiger partial charge in [-0.3, -0.25) is 4.90 Å². The molecule has 0 fully saturated rings. The predicted octanol–water partition coefficient (Wildman–Crippen LogP) is 6.13. The Bertz CT molecular complexity index is 1490. The van der Waals surface area contributed by atoms with Crippen LogP contribution in [0.1, 0.15) is 42.1 Å². The Hall–Kier alpha value is -3.27. The maximum Gasteiger partial charge on any atom is 0.416 e. The molecule has 0 aliphatic carbocycles. The number of hydrogen-bond acceptors (Lipinski definition) is 6. The first-order chi connectivity index (χ1) is 20.4. The lowest BCUT2D eigenvalue weighted by atomic mass is 9.85. The Kier molecular flexibility index (Phi) is 9.60. The van der Waals surface area contributed by atoms with E-state index >= 15 is 0 Å². The summed E-state index contributed by atoms with van der Waals surface area (Å²) in [4.78, 5) is 18.7. The highest BCUT2D eigenvalue weighted by Crippen LogP contribution is 2.40. The van der Waals surface area contributed by atoms with Crippen molar-refractivity contribution in [2.24, 2.45) is 5.41 Å². The summed E-state index contributed by atoms with van der Waals surface area (Å²) in [5.74, 6) is 1.10. The van der Waals surface area contributed by atoms with E-state index in [4.69, 9.17) is 32.7 Å². The van der Waals surface area contributed by atoms with Crippen LogP contribution in [0.2, 0.25) is 10.0 Å². The van der Waals surface area contributed by atoms with Crippen LogP contribution in [0, 0.1) is 5.41 Å². The number of aromatic nitrogens is 1. The van der Waals surface area contributed by atoms with Crippen LogP contribution in [-0.4, -0.2) is 64.3 Å². The summed E-state index contributed by atoms with van der Waals surface area (Å²) in [6, 6.07) is 19.7. The smallest absolute Gasteiger partial charge is 0.416 e. The number of fused-ring (bicyclic) bond motifs is 3. The maximum absolute atomic E-state index is 13.5. The van der Waals surface area contributed by atoms with Gasteiger partial charge in [-0.1, -0.05) is 35.3 Å². The number of H-pyrrole nitrogens is 1. The maximum atomic E-state index is 13.5. The van der Waals surface area contributed by atoms with Crippen molar-refractivity contribution in [1.82, 2.24) is 9.88 Å². The Morgan fingerprint density at radius 3 is 2.26 bits per heavy atom. The molecule has 10 heteroatoms. The van der Waals surface area contributed by atoms with Crippen molar-refractivity contribution in [2.45, 2.75) is 31.7 Å². The van der Waals surface area contributed by atoms with Crippen LogP contribution in [-0.2, 0) is 6.42 Å². The molecule has 0 saturated heterocycles. The highest BCUT2D eigenvalue weighted by Gasteiger charge is 2.36. The average Bonchev–Trinajstić information content (AvgIpc) is 3.38. The Balaban J connectivity index is 1.34. The molecule has 3 aromatic carbocycles. The molecule has 1 aromatic heterocycles. The molecule has 42 heavy (non-hydrogen) atoms. The third-order valence-corrected chi connectivity index (χ3v) is 8.40. The molecule has 1 atom stereocenters. The van der Waals surface area contributed by atoms with Gasteiger partial charge in [-0.2, -0.15) is 0 Å². The van der Waals surface area contributed by atoms with Gasteiger partial charge < -0.3 is 29.8 Å². The number of aromatic amines is 1. The Morgan fingerprint density at radius 2 is 1.57 bits per heavy atom. The number of nitrogens with zero attached hydrogens (tertiary/aromatic N) is 1. The molecule has 222 valence electrons. The first-order valence-corrected chi connectivity index (χ1v) is 14.7. The molecule has 0 unspecified atom stereocenters. The lowest BCUT2D eigenvalue weighted by Crippen LogP contribution is -2.42. The van der Waals surface area contributed by atoms with Gasteiger partial charge in [-0.25, -0.2) is 4.79 Å². The molecular weight excluding hydrogens is 579 g/mol. The van der Waals surface area contributed by atoms with Gasteiger partial charge in [-0.05, 0) is 91.4 Å². The van der Waals surface area contributed by atoms with E-state index in [2.05, 4.69) is 4.98 Å². The van der Waals surface area contributed by atoms with Crippen molar-refractivity contribution >= 4 is 40.2 Å². The number of benzene rings is 3. The third-order valence-electron chi connectivity index (χ3n) is 7.91. The van der Waals surface area contributed by atoms with Gasteiger partial charge in [0.15, 0.2) is 0 Å². The van der Waals surface area contributed by atoms with E-state index in [-0.39, 0.29) is 19.8 Å². The number of nitrogens with one attached hydrogen (secondary N) is 1. The second-order valence-corrected chi connectivity index (χ2v) is 11.6. The zero-order chi connectivity index (χ0) is 29.7. The quantitative estimate of drug-likeness (QED) is 0.151. The summed E-state index contributed by atoms with van der Waals surface area (Å²) < 4.78 is 11.7. The first-order valence-electron chi connectivity index (χ1n) is 14.0. The topological polar surface area (TPSA) is 115 Å². The van der Waals surface area contributed by atoms with E-state index in [1.807, 2.05) is 42.5 Å². The van der Waals surface area contributed by atoms with E-state index in [1.54, 1.807) is 29.2 Å². The highest BCUT2D eigenvalue weighted by molar-refractivity contribution is 6.31. The van der Waals surface area contributed by atoms with Crippen molar-refractivity contribution in [3.05, 3.63) is 93.6 Å². The zero-order valence-electron chi connectivity index (χ0n) is 23.1. The molecule has 1 aliphatic heterocycles. The van der Waals surface area contributed by atoms with Crippen molar-refractivity contribution in [3.63, 3.8) is 0 Å². The second kappa shape index (κ2) is 13.4. The van der Waals surface area contributed by atoms with Crippen LogP contribution in [0.3, 0.4) is 0 Å². The molecule has 0 radical (unpaired) electrons. The highest BCUT2D eigenvalue weighted by atomic mass is 35.5. The lowest BCUT2D eigenvalue weighted by molar-refractivity contribution is -0.00274. The summed E-state index contributed by atoms with van der Waals surface area (Å²) in [6.45, 7) is 0.114. The van der Waals surface area contributed by atoms with Gasteiger partial charge in [0.1, 0.15) is 17.5 Å². The fourth-order valence-corrected chi connectivity index (χ4v) is 5.69. The number of aliphatic hydroxyl groups excluding tert-OH is 3. The summed E-state index contributed by atoms with van der Waals surface area (Å²) in [5, 5.41) is 30.8. The van der Waals surface area contributed by atoms with Gasteiger partial charge in [-0.15, -0.1) is 0 Å². The summed E-state index contributed by atoms with van der Waals surface area (Å²) in [6.07, 6.45) is 2.08. The van der Waals surface area contributed by atoms with Gasteiger partial charge in [0.05, 0.1) is 26.4 Å². The Morgan fingerprint density at radius 1 is 0.905 bits per heavy atom. The number of carbonyl (C=O) groups excluding carboxylic acids is 1. The van der Waals surface area contributed by atoms with Gasteiger partial charge >= 0.3 is 6.09 Å². The standard InChI is InChI=1S/C32H34Cl2N2O6/c33-22-5-10-25(11-6-22)42-31(40)36-15-13-26-27-17-23(34)7-12-28(27)35-29(26)30(36)21-3-8-24(9-4-21)41-16-2-1-14-32(18-37,19-38)20-39/h3-12,17,30,35,37-39H,1-2,13-16,18-20H2/t30-/m0/s1. The molecular formula is C32H34Cl2N2O6. The van der Waals surface area contributed by atoms with Crippen LogP contribution in [0.5, 0.6) is 11.5 Å². The molecule has 1 amide bonds. The van der Waals surface area contributed by atoms with Gasteiger partial charge in [0.25, 0.3) is 0 Å². The van der Waals surface area contributed by atoms with Crippen LogP contribution < -0.4 is 9.47 Å². The normalized spacial score (nSPS) is 15.1. The average molecular weight is 614 g/mol. The minimum absolute atomic E-state index is 0.265. The number of carbonyl (C=O) groups is 1. The Labute approximate surface area is 254 Å². The molecule has 2 heterocycles. The number of aliphatic hydroxyl groups is 3. The third kappa shape index (κ3) is 6.53. The minimum atomic E-state index is -0.866. The first kappa shape index (κ1) is 30.2. The molecule has 4 aromatic rings. The summed E-state index contributed by atoms with van der Waals surface area (Å²) in [5.41, 5.74) is 3.02. The van der Waals surface area contributed by atoms with Crippen LogP contribution in [0.4, 0.5) is 4.79 Å². The fourth-order valence-electron chi connectivity index (χ4n) is 5.39. The van der Waals surface area contributed by atoms with E-state index in [0.29, 0.717) is 60.4 Å². The van der Waals surface area contributed by atoms with Gasteiger partial charge in [0, 0.05) is 38.6 Å². The van der Waals surface area contributed by atoms with E-state index in [0.717, 1.165) is 27.7 Å². The van der Waals surface area contributed by atoms with Crippen molar-refractivity contribution in [2.75, 3.05) is 33.0 Å². The molecule has 0 spiro atoms. The van der Waals surface area contributed by atoms with Gasteiger partial charge in [0.2, 0.25) is 0 Å². The minimum Gasteiger partial charge on any atom is -0.494 e. The fraction of sp³-hybridized carbons (Fsp3) is 0.344. The number of amides is 1.